The number of hydrogen-bond acceptors (Lipinski definition) is 3. The highest BCUT2D eigenvalue weighted by Crippen LogP contribution is 2.48. The molecular formula is C14H17ClFNO3S. The molecule has 1 aliphatic rings. The normalized spacial score (nSPS) is 16.5. The second-order valence-electron chi connectivity index (χ2n) is 5.55. The average molecular weight is 334 g/mol. The van der Waals surface area contributed by atoms with Gasteiger partial charge in [0.2, 0.25) is 0 Å². The molecule has 7 heteroatoms. The zero-order chi connectivity index (χ0) is 15.7. The van der Waals surface area contributed by atoms with Gasteiger partial charge in [-0.05, 0) is 42.9 Å². The SMILES string of the molecule is CCCC1(CNC(=O)c2cc(F)cc(S(=O)(=O)Cl)c2)CC1. The van der Waals surface area contributed by atoms with E-state index in [1.165, 1.54) is 0 Å². The zero-order valence-corrected chi connectivity index (χ0v) is 13.2. The number of carbonyl (C=O) groups excluding carboxylic acids is 1. The molecule has 1 saturated carbocycles. The molecule has 4 nitrogen and oxygen atoms in total. The molecule has 0 atom stereocenters. The maximum Gasteiger partial charge on any atom is 0.261 e. The first kappa shape index (κ1) is 16.2. The van der Waals surface area contributed by atoms with Gasteiger partial charge in [0.1, 0.15) is 5.82 Å². The molecule has 1 amide bonds. The quantitative estimate of drug-likeness (QED) is 0.814. The van der Waals surface area contributed by atoms with Gasteiger partial charge < -0.3 is 5.32 Å². The van der Waals surface area contributed by atoms with Crippen molar-refractivity contribution in [2.75, 3.05) is 6.54 Å². The Bertz CT molecular complexity index is 656. The number of halogens is 2. The fourth-order valence-electron chi connectivity index (χ4n) is 2.43. The van der Waals surface area contributed by atoms with Gasteiger partial charge >= 0.3 is 0 Å². The Kier molecular flexibility index (Phi) is 4.58. The lowest BCUT2D eigenvalue weighted by Crippen LogP contribution is -2.30. The highest BCUT2D eigenvalue weighted by Gasteiger charge is 2.41. The van der Waals surface area contributed by atoms with Crippen LogP contribution in [0.25, 0.3) is 0 Å². The minimum absolute atomic E-state index is 0.0403. The van der Waals surface area contributed by atoms with Crippen LogP contribution in [-0.2, 0) is 9.05 Å². The molecule has 0 spiro atoms. The topological polar surface area (TPSA) is 63.2 Å². The van der Waals surface area contributed by atoms with Crippen LogP contribution in [0.15, 0.2) is 23.1 Å². The van der Waals surface area contributed by atoms with Crippen molar-refractivity contribution in [1.82, 2.24) is 5.32 Å². The molecule has 0 aromatic heterocycles. The highest BCUT2D eigenvalue weighted by molar-refractivity contribution is 8.13. The number of rotatable bonds is 6. The Balaban J connectivity index is 2.11. The van der Waals surface area contributed by atoms with E-state index in [0.717, 1.165) is 43.9 Å². The summed E-state index contributed by atoms with van der Waals surface area (Å²) in [6.07, 6.45) is 4.24. The molecule has 1 fully saturated rings. The van der Waals surface area contributed by atoms with Crippen molar-refractivity contribution in [3.63, 3.8) is 0 Å². The van der Waals surface area contributed by atoms with Crippen molar-refractivity contribution in [2.45, 2.75) is 37.5 Å². The summed E-state index contributed by atoms with van der Waals surface area (Å²) in [5.41, 5.74) is 0.126. The molecule has 0 bridgehead atoms. The minimum atomic E-state index is -4.07. The lowest BCUT2D eigenvalue weighted by Gasteiger charge is -2.15. The predicted molar refractivity (Wildman–Crippen MR) is 78.3 cm³/mol. The van der Waals surface area contributed by atoms with Gasteiger partial charge in [-0.1, -0.05) is 13.3 Å². The third-order valence-corrected chi connectivity index (χ3v) is 5.11. The Morgan fingerprint density at radius 2 is 2.05 bits per heavy atom. The predicted octanol–water partition coefficient (Wildman–Crippen LogP) is 3.06. The Labute approximate surface area is 128 Å². The van der Waals surface area contributed by atoms with E-state index >= 15 is 0 Å². The summed E-state index contributed by atoms with van der Waals surface area (Å²) in [5, 5.41) is 2.75. The van der Waals surface area contributed by atoms with Crippen LogP contribution in [0, 0.1) is 11.2 Å². The maximum atomic E-state index is 13.4. The van der Waals surface area contributed by atoms with Crippen LogP contribution >= 0.6 is 10.7 Å². The van der Waals surface area contributed by atoms with Crippen molar-refractivity contribution in [2.24, 2.45) is 5.41 Å². The Morgan fingerprint density at radius 3 is 2.57 bits per heavy atom. The standard InChI is InChI=1S/C14H17ClFNO3S/c1-2-3-14(4-5-14)9-17-13(18)10-6-11(16)8-12(7-10)21(15,19)20/h6-8H,2-5,9H2,1H3,(H,17,18). The molecule has 1 aromatic carbocycles. The van der Waals surface area contributed by atoms with Crippen LogP contribution < -0.4 is 5.32 Å². The van der Waals surface area contributed by atoms with E-state index < -0.39 is 25.7 Å². The number of benzene rings is 1. The van der Waals surface area contributed by atoms with E-state index in [-0.39, 0.29) is 11.0 Å². The van der Waals surface area contributed by atoms with Crippen molar-refractivity contribution in [3.05, 3.63) is 29.6 Å². The third-order valence-electron chi connectivity index (χ3n) is 3.78. The molecule has 2 rings (SSSR count). The molecule has 1 aliphatic carbocycles. The van der Waals surface area contributed by atoms with Crippen LogP contribution in [0.3, 0.4) is 0 Å². The first-order chi connectivity index (χ1) is 9.76. The summed E-state index contributed by atoms with van der Waals surface area (Å²) < 4.78 is 35.9. The van der Waals surface area contributed by atoms with Gasteiger partial charge in [-0.3, -0.25) is 4.79 Å². The van der Waals surface area contributed by atoms with Crippen LogP contribution in [0.2, 0.25) is 0 Å². The summed E-state index contributed by atoms with van der Waals surface area (Å²) in [6, 6.07) is 2.87. The summed E-state index contributed by atoms with van der Waals surface area (Å²) in [4.78, 5) is 11.6. The number of carbonyl (C=O) groups is 1. The summed E-state index contributed by atoms with van der Waals surface area (Å²) in [7, 11) is 1.11. The van der Waals surface area contributed by atoms with E-state index in [9.17, 15) is 17.6 Å². The first-order valence-electron chi connectivity index (χ1n) is 6.79. The van der Waals surface area contributed by atoms with Gasteiger partial charge in [-0.15, -0.1) is 0 Å². The van der Waals surface area contributed by atoms with E-state index in [4.69, 9.17) is 10.7 Å². The third kappa shape index (κ3) is 4.17. The van der Waals surface area contributed by atoms with E-state index in [2.05, 4.69) is 12.2 Å². The Morgan fingerprint density at radius 1 is 1.38 bits per heavy atom. The van der Waals surface area contributed by atoms with E-state index in [1.807, 2.05) is 0 Å². The summed E-state index contributed by atoms with van der Waals surface area (Å²) >= 11 is 0. The lowest BCUT2D eigenvalue weighted by atomic mass is 10.0. The monoisotopic (exact) mass is 333 g/mol. The molecule has 0 heterocycles. The van der Waals surface area contributed by atoms with Gasteiger partial charge in [-0.2, -0.15) is 0 Å². The smallest absolute Gasteiger partial charge is 0.261 e. The fourth-order valence-corrected chi connectivity index (χ4v) is 3.22. The van der Waals surface area contributed by atoms with Crippen LogP contribution in [0.1, 0.15) is 43.0 Å². The largest absolute Gasteiger partial charge is 0.351 e. The van der Waals surface area contributed by atoms with Crippen molar-refractivity contribution >= 4 is 25.6 Å². The second kappa shape index (κ2) is 5.93. The van der Waals surface area contributed by atoms with Gasteiger partial charge in [0.05, 0.1) is 4.90 Å². The molecule has 0 unspecified atom stereocenters. The second-order valence-corrected chi connectivity index (χ2v) is 8.11. The van der Waals surface area contributed by atoms with Gasteiger partial charge in [-0.25, -0.2) is 12.8 Å². The molecule has 0 saturated heterocycles. The number of amides is 1. The van der Waals surface area contributed by atoms with Gasteiger partial charge in [0, 0.05) is 22.8 Å². The van der Waals surface area contributed by atoms with Crippen LogP contribution in [0.5, 0.6) is 0 Å². The van der Waals surface area contributed by atoms with E-state index in [0.29, 0.717) is 6.54 Å². The number of nitrogens with one attached hydrogen (secondary N) is 1. The first-order valence-corrected chi connectivity index (χ1v) is 9.10. The van der Waals surface area contributed by atoms with Crippen molar-refractivity contribution < 1.29 is 17.6 Å². The molecular weight excluding hydrogens is 317 g/mol. The lowest BCUT2D eigenvalue weighted by molar-refractivity contribution is 0.0943. The number of hydrogen-bond donors (Lipinski definition) is 1. The average Bonchev–Trinajstić information content (AvgIpc) is 3.15. The fraction of sp³-hybridized carbons (Fsp3) is 0.500. The van der Waals surface area contributed by atoms with Gasteiger partial charge in [0.25, 0.3) is 15.0 Å². The van der Waals surface area contributed by atoms with Crippen molar-refractivity contribution in [1.29, 1.82) is 0 Å². The Hall–Kier alpha value is -1.14. The van der Waals surface area contributed by atoms with Crippen molar-refractivity contribution in [3.8, 4) is 0 Å². The molecule has 0 aliphatic heterocycles. The molecule has 116 valence electrons. The minimum Gasteiger partial charge on any atom is -0.351 e. The van der Waals surface area contributed by atoms with E-state index in [1.54, 1.807) is 0 Å². The summed E-state index contributed by atoms with van der Waals surface area (Å²) in [6.45, 7) is 2.62. The van der Waals surface area contributed by atoms with Gasteiger partial charge in [0.15, 0.2) is 0 Å². The summed E-state index contributed by atoms with van der Waals surface area (Å²) in [5.74, 6) is -1.30. The molecule has 0 radical (unpaired) electrons. The zero-order valence-electron chi connectivity index (χ0n) is 11.7. The maximum absolute atomic E-state index is 13.4. The van der Waals surface area contributed by atoms with Crippen LogP contribution in [-0.4, -0.2) is 20.9 Å². The molecule has 1 N–H and O–H groups in total. The molecule has 21 heavy (non-hydrogen) atoms. The van der Waals surface area contributed by atoms with Crippen LogP contribution in [0.4, 0.5) is 4.39 Å². The molecule has 1 aromatic rings. The highest BCUT2D eigenvalue weighted by atomic mass is 35.7.